The van der Waals surface area contributed by atoms with Crippen molar-refractivity contribution in [2.45, 2.75) is 13.0 Å². The number of hydrogen-bond donors (Lipinski definition) is 2. The summed E-state index contributed by atoms with van der Waals surface area (Å²) in [5.74, 6) is 2.17. The van der Waals surface area contributed by atoms with Gasteiger partial charge in [-0.25, -0.2) is 4.98 Å². The van der Waals surface area contributed by atoms with Gasteiger partial charge in [0.2, 0.25) is 5.95 Å². The number of furan rings is 1. The molecule has 0 aromatic carbocycles. The highest BCUT2D eigenvalue weighted by molar-refractivity contribution is 5.60. The van der Waals surface area contributed by atoms with Gasteiger partial charge in [0, 0.05) is 18.8 Å². The number of hydrogen-bond acceptors (Lipinski definition) is 7. The fourth-order valence-corrected chi connectivity index (χ4v) is 2.45. The highest BCUT2D eigenvalue weighted by Gasteiger charge is 2.08. The first-order valence-corrected chi connectivity index (χ1v) is 8.66. The number of aromatic nitrogens is 3. The van der Waals surface area contributed by atoms with E-state index in [0.29, 0.717) is 12.5 Å². The maximum Gasteiger partial charge on any atom is 0.225 e. The highest BCUT2D eigenvalue weighted by atomic mass is 16.3. The Morgan fingerprint density at radius 1 is 1.04 bits per heavy atom. The zero-order valence-electron chi connectivity index (χ0n) is 15.1. The Bertz CT molecular complexity index is 789. The molecule has 7 nitrogen and oxygen atoms in total. The lowest BCUT2D eigenvalue weighted by Gasteiger charge is -2.12. The summed E-state index contributed by atoms with van der Waals surface area (Å²) in [5.41, 5.74) is 1.59. The molecule has 3 aromatic heterocycles. The van der Waals surface area contributed by atoms with Crippen LogP contribution in [0, 0.1) is 0 Å². The number of rotatable bonds is 9. The van der Waals surface area contributed by atoms with Gasteiger partial charge < -0.3 is 20.0 Å². The lowest BCUT2D eigenvalue weighted by molar-refractivity contribution is 0.405. The Kier molecular flexibility index (Phi) is 6.16. The Labute approximate surface area is 153 Å². The van der Waals surface area contributed by atoms with Crippen LogP contribution in [0.2, 0.25) is 0 Å². The Morgan fingerprint density at radius 3 is 2.69 bits per heavy atom. The zero-order chi connectivity index (χ0) is 18.2. The Hall–Kier alpha value is -2.93. The topological polar surface area (TPSA) is 79.1 Å². The van der Waals surface area contributed by atoms with Crippen LogP contribution in [0.5, 0.6) is 0 Å². The first kappa shape index (κ1) is 17.9. The summed E-state index contributed by atoms with van der Waals surface area (Å²) in [4.78, 5) is 15.7. The smallest absolute Gasteiger partial charge is 0.225 e. The van der Waals surface area contributed by atoms with Crippen molar-refractivity contribution in [1.29, 1.82) is 0 Å². The van der Waals surface area contributed by atoms with E-state index in [1.54, 1.807) is 12.5 Å². The summed E-state index contributed by atoms with van der Waals surface area (Å²) in [6.45, 7) is 2.38. The van der Waals surface area contributed by atoms with Crippen LogP contribution in [0.25, 0.3) is 11.4 Å². The van der Waals surface area contributed by atoms with Crippen LogP contribution >= 0.6 is 0 Å². The molecule has 0 spiro atoms. The summed E-state index contributed by atoms with van der Waals surface area (Å²) in [6, 6.07) is 11.5. The third-order valence-corrected chi connectivity index (χ3v) is 3.74. The molecule has 3 heterocycles. The largest absolute Gasteiger partial charge is 0.467 e. The van der Waals surface area contributed by atoms with Gasteiger partial charge in [0.15, 0.2) is 0 Å². The van der Waals surface area contributed by atoms with Crippen molar-refractivity contribution in [1.82, 2.24) is 19.9 Å². The second-order valence-electron chi connectivity index (χ2n) is 6.19. The van der Waals surface area contributed by atoms with Crippen LogP contribution < -0.4 is 10.6 Å². The highest BCUT2D eigenvalue weighted by Crippen LogP contribution is 2.20. The number of anilines is 2. The zero-order valence-corrected chi connectivity index (χ0v) is 15.1. The van der Waals surface area contributed by atoms with Gasteiger partial charge in [0.05, 0.1) is 24.2 Å². The molecule has 0 amide bonds. The lowest BCUT2D eigenvalue weighted by atomic mass is 10.2. The van der Waals surface area contributed by atoms with Crippen molar-refractivity contribution < 1.29 is 4.42 Å². The molecule has 0 aliphatic rings. The first-order chi connectivity index (χ1) is 12.7. The van der Waals surface area contributed by atoms with E-state index < -0.39 is 0 Å². The van der Waals surface area contributed by atoms with Crippen molar-refractivity contribution in [3.8, 4) is 11.4 Å². The normalized spacial score (nSPS) is 10.9. The van der Waals surface area contributed by atoms with Crippen LogP contribution in [0.4, 0.5) is 11.8 Å². The molecule has 7 heteroatoms. The van der Waals surface area contributed by atoms with Gasteiger partial charge in [-0.3, -0.25) is 4.98 Å². The van der Waals surface area contributed by atoms with Gasteiger partial charge in [0.1, 0.15) is 11.6 Å². The molecule has 0 bridgehead atoms. The molecule has 26 heavy (non-hydrogen) atoms. The minimum atomic E-state index is 0.561. The van der Waals surface area contributed by atoms with Gasteiger partial charge in [0.25, 0.3) is 0 Å². The molecule has 0 unspecified atom stereocenters. The summed E-state index contributed by atoms with van der Waals surface area (Å²) < 4.78 is 5.36. The molecule has 136 valence electrons. The standard InChI is InChI=1S/C19H24N6O/c1-25(2)11-6-10-21-19-23-17(16-8-3-4-9-20-16)13-18(24-19)22-14-15-7-5-12-26-15/h3-5,7-9,12-13H,6,10-11,14H2,1-2H3,(H2,21,22,23,24). The van der Waals surface area contributed by atoms with E-state index in [9.17, 15) is 0 Å². The van der Waals surface area contributed by atoms with Gasteiger partial charge >= 0.3 is 0 Å². The van der Waals surface area contributed by atoms with Gasteiger partial charge in [-0.15, -0.1) is 0 Å². The first-order valence-electron chi connectivity index (χ1n) is 8.66. The van der Waals surface area contributed by atoms with E-state index >= 15 is 0 Å². The molecule has 3 aromatic rings. The quantitative estimate of drug-likeness (QED) is 0.573. The Morgan fingerprint density at radius 2 is 1.96 bits per heavy atom. The molecule has 0 fully saturated rings. The SMILES string of the molecule is CN(C)CCCNc1nc(NCc2ccco2)cc(-c2ccccn2)n1. The number of nitrogens with zero attached hydrogens (tertiary/aromatic N) is 4. The van der Waals surface area contributed by atoms with E-state index in [1.165, 1.54) is 0 Å². The molecule has 2 N–H and O–H groups in total. The monoisotopic (exact) mass is 352 g/mol. The predicted octanol–water partition coefficient (Wildman–Crippen LogP) is 3.11. The van der Waals surface area contributed by atoms with Gasteiger partial charge in [-0.2, -0.15) is 4.98 Å². The van der Waals surface area contributed by atoms with Crippen LogP contribution in [0.15, 0.2) is 53.3 Å². The maximum absolute atomic E-state index is 5.36. The molecule has 0 atom stereocenters. The van der Waals surface area contributed by atoms with Gasteiger partial charge in [-0.1, -0.05) is 6.07 Å². The van der Waals surface area contributed by atoms with Crippen molar-refractivity contribution in [3.05, 3.63) is 54.6 Å². The van der Waals surface area contributed by atoms with E-state index in [1.807, 2.05) is 36.4 Å². The average Bonchev–Trinajstić information content (AvgIpc) is 3.18. The summed E-state index contributed by atoms with van der Waals surface area (Å²) in [7, 11) is 4.13. The van der Waals surface area contributed by atoms with E-state index in [0.717, 1.165) is 42.5 Å². The minimum Gasteiger partial charge on any atom is -0.467 e. The summed E-state index contributed by atoms with van der Waals surface area (Å²) >= 11 is 0. The lowest BCUT2D eigenvalue weighted by Crippen LogP contribution is -2.17. The third-order valence-electron chi connectivity index (χ3n) is 3.74. The van der Waals surface area contributed by atoms with Crippen LogP contribution in [0.1, 0.15) is 12.2 Å². The van der Waals surface area contributed by atoms with E-state index in [4.69, 9.17) is 4.42 Å². The number of nitrogens with one attached hydrogen (secondary N) is 2. The van der Waals surface area contributed by atoms with E-state index in [-0.39, 0.29) is 0 Å². The van der Waals surface area contributed by atoms with Crippen molar-refractivity contribution in [3.63, 3.8) is 0 Å². The van der Waals surface area contributed by atoms with Crippen LogP contribution in [0.3, 0.4) is 0 Å². The molecule has 0 saturated heterocycles. The predicted molar refractivity (Wildman–Crippen MR) is 103 cm³/mol. The molecule has 0 saturated carbocycles. The summed E-state index contributed by atoms with van der Waals surface area (Å²) in [5, 5.41) is 6.59. The third kappa shape index (κ3) is 5.29. The van der Waals surface area contributed by atoms with Gasteiger partial charge in [-0.05, 0) is 51.3 Å². The second kappa shape index (κ2) is 8.96. The summed E-state index contributed by atoms with van der Waals surface area (Å²) in [6.07, 6.45) is 4.44. The van der Waals surface area contributed by atoms with Crippen LogP contribution in [-0.2, 0) is 6.54 Å². The maximum atomic E-state index is 5.36. The molecular weight excluding hydrogens is 328 g/mol. The molecular formula is C19H24N6O. The van der Waals surface area contributed by atoms with Crippen molar-refractivity contribution >= 4 is 11.8 Å². The van der Waals surface area contributed by atoms with Crippen molar-refractivity contribution in [2.24, 2.45) is 0 Å². The minimum absolute atomic E-state index is 0.561. The van der Waals surface area contributed by atoms with Crippen LogP contribution in [-0.4, -0.2) is 47.0 Å². The molecule has 0 radical (unpaired) electrons. The second-order valence-corrected chi connectivity index (χ2v) is 6.19. The molecule has 0 aliphatic carbocycles. The van der Waals surface area contributed by atoms with E-state index in [2.05, 4.69) is 44.6 Å². The molecule has 3 rings (SSSR count). The fourth-order valence-electron chi connectivity index (χ4n) is 2.45. The average molecular weight is 352 g/mol. The fraction of sp³-hybridized carbons (Fsp3) is 0.316. The molecule has 0 aliphatic heterocycles. The number of pyridine rings is 1. The Balaban J connectivity index is 1.75. The van der Waals surface area contributed by atoms with Crippen molar-refractivity contribution in [2.75, 3.05) is 37.8 Å².